The lowest BCUT2D eigenvalue weighted by atomic mass is 9.63. The fraction of sp³-hybridized carbons (Fsp3) is 0.720. The van der Waals surface area contributed by atoms with Crippen LogP contribution in [-0.2, 0) is 15.1 Å². The number of nitrogens with zero attached hydrogens (tertiary/aromatic N) is 1. The van der Waals surface area contributed by atoms with Crippen LogP contribution in [0.4, 0.5) is 10.5 Å². The molecule has 0 saturated heterocycles. The molecule has 172 valence electrons. The summed E-state index contributed by atoms with van der Waals surface area (Å²) < 4.78 is 17.7. The number of rotatable bonds is 6. The van der Waals surface area contributed by atoms with Crippen molar-refractivity contribution in [3.63, 3.8) is 0 Å². The molecule has 2 saturated carbocycles. The first kappa shape index (κ1) is 22.3. The van der Waals surface area contributed by atoms with E-state index in [4.69, 9.17) is 14.2 Å². The second-order valence-electron chi connectivity index (χ2n) is 9.22. The maximum absolute atomic E-state index is 11.4. The Balaban J connectivity index is 1.82. The number of carbonyl (C=O) groups is 1. The molecule has 1 unspecified atom stereocenters. The Labute approximate surface area is 185 Å². The Kier molecular flexibility index (Phi) is 6.95. The van der Waals surface area contributed by atoms with Gasteiger partial charge in [-0.1, -0.05) is 44.6 Å². The van der Waals surface area contributed by atoms with Gasteiger partial charge in [-0.2, -0.15) is 0 Å². The van der Waals surface area contributed by atoms with Crippen molar-refractivity contribution in [3.05, 3.63) is 23.8 Å². The predicted molar refractivity (Wildman–Crippen MR) is 119 cm³/mol. The lowest BCUT2D eigenvalue weighted by Gasteiger charge is -2.52. The van der Waals surface area contributed by atoms with E-state index in [-0.39, 0.29) is 0 Å². The zero-order valence-electron chi connectivity index (χ0n) is 19.0. The van der Waals surface area contributed by atoms with Crippen LogP contribution >= 0.6 is 0 Å². The summed E-state index contributed by atoms with van der Waals surface area (Å²) in [5.41, 5.74) is 1.63. The minimum absolute atomic E-state index is 0.353. The molecule has 0 radical (unpaired) electrons. The van der Waals surface area contributed by atoms with Gasteiger partial charge < -0.3 is 19.5 Å². The van der Waals surface area contributed by atoms with E-state index in [9.17, 15) is 9.90 Å². The Morgan fingerprint density at radius 1 is 1.03 bits per heavy atom. The number of fused-ring (bicyclic) bond motifs is 1. The second kappa shape index (κ2) is 9.68. The summed E-state index contributed by atoms with van der Waals surface area (Å²) in [6.45, 7) is 4.85. The molecule has 1 heterocycles. The standard InChI is InChI=1S/C25H37NO5/c1-3-26(4-2)20-15-16-21-22(17-20)29-24(30-23(27)28)31-25(21,18-11-7-5-8-12-18)19-13-9-6-10-14-19/h15-19,24H,3-14H2,1-2H3,(H,27,28). The van der Waals surface area contributed by atoms with Crippen LogP contribution in [0.3, 0.4) is 0 Å². The van der Waals surface area contributed by atoms with Crippen LogP contribution in [0.5, 0.6) is 5.75 Å². The summed E-state index contributed by atoms with van der Waals surface area (Å²) in [7, 11) is 0. The quantitative estimate of drug-likeness (QED) is 0.535. The van der Waals surface area contributed by atoms with E-state index in [2.05, 4.69) is 36.9 Å². The molecular weight excluding hydrogens is 394 g/mol. The average Bonchev–Trinajstić information content (AvgIpc) is 2.80. The molecule has 1 atom stereocenters. The van der Waals surface area contributed by atoms with Crippen molar-refractivity contribution < 1.29 is 24.1 Å². The van der Waals surface area contributed by atoms with E-state index >= 15 is 0 Å². The molecule has 0 aromatic heterocycles. The van der Waals surface area contributed by atoms with Crippen molar-refractivity contribution in [2.24, 2.45) is 11.8 Å². The molecule has 6 heteroatoms. The third kappa shape index (κ3) is 4.36. The molecule has 2 aliphatic carbocycles. The van der Waals surface area contributed by atoms with Gasteiger partial charge in [0.05, 0.1) is 0 Å². The zero-order valence-corrected chi connectivity index (χ0v) is 19.0. The van der Waals surface area contributed by atoms with E-state index < -0.39 is 18.2 Å². The molecule has 1 N–H and O–H groups in total. The largest absolute Gasteiger partial charge is 0.510 e. The predicted octanol–water partition coefficient (Wildman–Crippen LogP) is 6.28. The first-order valence-corrected chi connectivity index (χ1v) is 12.2. The normalized spacial score (nSPS) is 24.1. The smallest absolute Gasteiger partial charge is 0.450 e. The maximum Gasteiger partial charge on any atom is 0.510 e. The summed E-state index contributed by atoms with van der Waals surface area (Å²) in [6, 6.07) is 6.42. The van der Waals surface area contributed by atoms with Gasteiger partial charge in [-0.25, -0.2) is 4.79 Å². The summed E-state index contributed by atoms with van der Waals surface area (Å²) >= 11 is 0. The molecule has 1 aromatic rings. The average molecular weight is 432 g/mol. The van der Waals surface area contributed by atoms with E-state index in [1.807, 2.05) is 0 Å². The molecule has 0 spiro atoms. The Bertz CT molecular complexity index is 732. The van der Waals surface area contributed by atoms with E-state index in [0.717, 1.165) is 55.8 Å². The zero-order chi connectivity index (χ0) is 21.8. The molecule has 31 heavy (non-hydrogen) atoms. The van der Waals surface area contributed by atoms with Crippen LogP contribution < -0.4 is 9.64 Å². The van der Waals surface area contributed by atoms with Gasteiger partial charge in [-0.3, -0.25) is 4.74 Å². The molecule has 1 aromatic carbocycles. The van der Waals surface area contributed by atoms with Gasteiger partial charge in [0, 0.05) is 30.4 Å². The highest BCUT2D eigenvalue weighted by molar-refractivity contribution is 5.58. The summed E-state index contributed by atoms with van der Waals surface area (Å²) in [4.78, 5) is 13.7. The fourth-order valence-corrected chi connectivity index (χ4v) is 6.23. The summed E-state index contributed by atoms with van der Waals surface area (Å²) in [6.07, 6.45) is 10.4. The molecule has 3 aliphatic rings. The number of hydrogen-bond acceptors (Lipinski definition) is 5. The molecule has 1 aliphatic heterocycles. The van der Waals surface area contributed by atoms with Gasteiger partial charge >= 0.3 is 12.6 Å². The van der Waals surface area contributed by atoms with Gasteiger partial charge in [-0.15, -0.1) is 0 Å². The third-order valence-corrected chi connectivity index (χ3v) is 7.65. The SMILES string of the molecule is CCN(CC)c1ccc2c(c1)OC(OC(=O)O)OC2(C1CCCCC1)C1CCCCC1. The van der Waals surface area contributed by atoms with Gasteiger partial charge in [-0.05, 0) is 57.4 Å². The number of hydrogen-bond donors (Lipinski definition) is 1. The monoisotopic (exact) mass is 431 g/mol. The Morgan fingerprint density at radius 2 is 1.61 bits per heavy atom. The minimum atomic E-state index is -1.37. The first-order chi connectivity index (χ1) is 15.1. The molecular formula is C25H37NO5. The van der Waals surface area contributed by atoms with E-state index in [0.29, 0.717) is 11.8 Å². The summed E-state index contributed by atoms with van der Waals surface area (Å²) in [5.74, 6) is 1.43. The van der Waals surface area contributed by atoms with E-state index in [1.54, 1.807) is 0 Å². The van der Waals surface area contributed by atoms with Crippen LogP contribution in [0, 0.1) is 11.8 Å². The molecule has 0 bridgehead atoms. The second-order valence-corrected chi connectivity index (χ2v) is 9.22. The first-order valence-electron chi connectivity index (χ1n) is 12.2. The van der Waals surface area contributed by atoms with Crippen LogP contribution in [-0.4, -0.2) is 30.8 Å². The molecule has 6 nitrogen and oxygen atoms in total. The van der Waals surface area contributed by atoms with Gasteiger partial charge in [0.15, 0.2) is 0 Å². The number of benzene rings is 1. The number of anilines is 1. The van der Waals surface area contributed by atoms with Crippen molar-refractivity contribution in [1.82, 2.24) is 0 Å². The molecule has 4 rings (SSSR count). The fourth-order valence-electron chi connectivity index (χ4n) is 6.23. The molecule has 0 amide bonds. The van der Waals surface area contributed by atoms with Gasteiger partial charge in [0.25, 0.3) is 0 Å². The van der Waals surface area contributed by atoms with Crippen LogP contribution in [0.1, 0.15) is 83.6 Å². The summed E-state index contributed by atoms with van der Waals surface area (Å²) in [5, 5.41) is 9.33. The van der Waals surface area contributed by atoms with Crippen molar-refractivity contribution >= 4 is 11.8 Å². The van der Waals surface area contributed by atoms with Crippen LogP contribution in [0.2, 0.25) is 0 Å². The van der Waals surface area contributed by atoms with Crippen LogP contribution in [0.25, 0.3) is 0 Å². The van der Waals surface area contributed by atoms with Gasteiger partial charge in [0.1, 0.15) is 11.4 Å². The lowest BCUT2D eigenvalue weighted by Crippen LogP contribution is -2.53. The topological polar surface area (TPSA) is 68.2 Å². The highest BCUT2D eigenvalue weighted by Crippen LogP contribution is 2.56. The number of carboxylic acid groups (broad SMARTS) is 1. The molecule has 2 fully saturated rings. The highest BCUT2D eigenvalue weighted by Gasteiger charge is 2.54. The van der Waals surface area contributed by atoms with Crippen LogP contribution in [0.15, 0.2) is 18.2 Å². The number of ether oxygens (including phenoxy) is 3. The maximum atomic E-state index is 11.4. The lowest BCUT2D eigenvalue weighted by molar-refractivity contribution is -0.324. The third-order valence-electron chi connectivity index (χ3n) is 7.65. The minimum Gasteiger partial charge on any atom is -0.450 e. The highest BCUT2D eigenvalue weighted by atomic mass is 16.9. The Hall–Kier alpha value is -1.95. The van der Waals surface area contributed by atoms with Crippen molar-refractivity contribution in [1.29, 1.82) is 0 Å². The van der Waals surface area contributed by atoms with Gasteiger partial charge in [0.2, 0.25) is 0 Å². The van der Waals surface area contributed by atoms with Crippen molar-refractivity contribution in [2.75, 3.05) is 18.0 Å². The Morgan fingerprint density at radius 3 is 2.13 bits per heavy atom. The van der Waals surface area contributed by atoms with Crippen molar-refractivity contribution in [3.8, 4) is 5.75 Å². The van der Waals surface area contributed by atoms with E-state index in [1.165, 1.54) is 38.5 Å². The van der Waals surface area contributed by atoms with Crippen molar-refractivity contribution in [2.45, 2.75) is 90.1 Å².